The summed E-state index contributed by atoms with van der Waals surface area (Å²) in [7, 11) is 0. The number of nitrogens with zero attached hydrogens (tertiary/aromatic N) is 3. The predicted molar refractivity (Wildman–Crippen MR) is 124 cm³/mol. The minimum absolute atomic E-state index is 0.0215. The molecule has 0 bridgehead atoms. The molecule has 170 valence electrons. The van der Waals surface area contributed by atoms with Gasteiger partial charge in [0.15, 0.2) is 0 Å². The SMILES string of the molecule is CC(C)(C)c1cc(C(C)(C)C)n(CC[C@@H]2CN(C(=O)OCc3ccccc3)CCN2)n1. The van der Waals surface area contributed by atoms with E-state index in [-0.39, 0.29) is 23.0 Å². The summed E-state index contributed by atoms with van der Waals surface area (Å²) in [5, 5.41) is 8.49. The minimum atomic E-state index is -0.236. The molecule has 1 amide bonds. The molecule has 0 aliphatic carbocycles. The van der Waals surface area contributed by atoms with Crippen LogP contribution in [0.25, 0.3) is 0 Å². The Morgan fingerprint density at radius 3 is 2.48 bits per heavy atom. The Labute approximate surface area is 187 Å². The Morgan fingerprint density at radius 1 is 1.13 bits per heavy atom. The van der Waals surface area contributed by atoms with Crippen molar-refractivity contribution in [1.29, 1.82) is 0 Å². The average molecular weight is 427 g/mol. The maximum absolute atomic E-state index is 12.5. The van der Waals surface area contributed by atoms with Crippen LogP contribution in [0.2, 0.25) is 0 Å². The number of piperazine rings is 1. The molecule has 1 aromatic heterocycles. The van der Waals surface area contributed by atoms with E-state index in [0.29, 0.717) is 19.7 Å². The molecule has 6 heteroatoms. The summed E-state index contributed by atoms with van der Waals surface area (Å²) < 4.78 is 7.69. The van der Waals surface area contributed by atoms with E-state index in [1.807, 2.05) is 35.2 Å². The third kappa shape index (κ3) is 6.33. The molecule has 0 saturated carbocycles. The van der Waals surface area contributed by atoms with Gasteiger partial charge in [-0.05, 0) is 18.1 Å². The van der Waals surface area contributed by atoms with E-state index in [0.717, 1.165) is 30.8 Å². The molecule has 2 aromatic rings. The number of amides is 1. The largest absolute Gasteiger partial charge is 0.445 e. The Hall–Kier alpha value is -2.34. The number of benzene rings is 1. The van der Waals surface area contributed by atoms with Crippen molar-refractivity contribution in [3.05, 3.63) is 53.3 Å². The zero-order valence-corrected chi connectivity index (χ0v) is 19.9. The van der Waals surface area contributed by atoms with Crippen LogP contribution in [0.4, 0.5) is 4.79 Å². The van der Waals surface area contributed by atoms with Crippen LogP contribution >= 0.6 is 0 Å². The smallest absolute Gasteiger partial charge is 0.410 e. The molecule has 1 aromatic carbocycles. The molecular formula is C25H38N4O2. The van der Waals surface area contributed by atoms with Crippen LogP contribution in [0, 0.1) is 0 Å². The van der Waals surface area contributed by atoms with Crippen molar-refractivity contribution < 1.29 is 9.53 Å². The molecule has 1 atom stereocenters. The number of carbonyl (C=O) groups is 1. The highest BCUT2D eigenvalue weighted by molar-refractivity contribution is 5.67. The van der Waals surface area contributed by atoms with Gasteiger partial charge in [0.1, 0.15) is 6.61 Å². The zero-order chi connectivity index (χ0) is 22.6. The molecule has 6 nitrogen and oxygen atoms in total. The summed E-state index contributed by atoms with van der Waals surface area (Å²) in [6.07, 6.45) is 0.677. The Kier molecular flexibility index (Phi) is 7.10. The van der Waals surface area contributed by atoms with Crippen molar-refractivity contribution in [2.75, 3.05) is 19.6 Å². The number of hydrogen-bond acceptors (Lipinski definition) is 4. The van der Waals surface area contributed by atoms with Crippen LogP contribution < -0.4 is 5.32 Å². The molecule has 0 unspecified atom stereocenters. The van der Waals surface area contributed by atoms with E-state index in [1.165, 1.54) is 5.69 Å². The first-order chi connectivity index (χ1) is 14.5. The number of hydrogen-bond donors (Lipinski definition) is 1. The molecule has 2 heterocycles. The number of aryl methyl sites for hydroxylation is 1. The normalized spacial score (nSPS) is 17.6. The first-order valence-electron chi connectivity index (χ1n) is 11.3. The van der Waals surface area contributed by atoms with Gasteiger partial charge in [0.25, 0.3) is 0 Å². The van der Waals surface area contributed by atoms with Crippen molar-refractivity contribution in [3.63, 3.8) is 0 Å². The number of nitrogens with one attached hydrogen (secondary N) is 1. The van der Waals surface area contributed by atoms with Crippen LogP contribution in [0.15, 0.2) is 36.4 Å². The van der Waals surface area contributed by atoms with Gasteiger partial charge in [0.05, 0.1) is 5.69 Å². The molecule has 1 N–H and O–H groups in total. The van der Waals surface area contributed by atoms with E-state index < -0.39 is 0 Å². The fourth-order valence-electron chi connectivity index (χ4n) is 3.83. The number of ether oxygens (including phenoxy) is 1. The van der Waals surface area contributed by atoms with E-state index in [2.05, 4.69) is 57.6 Å². The summed E-state index contributed by atoms with van der Waals surface area (Å²) in [6.45, 7) is 16.6. The van der Waals surface area contributed by atoms with Gasteiger partial charge in [0.2, 0.25) is 0 Å². The molecule has 0 spiro atoms. The molecule has 3 rings (SSSR count). The van der Waals surface area contributed by atoms with Crippen molar-refractivity contribution in [1.82, 2.24) is 20.0 Å². The highest BCUT2D eigenvalue weighted by Crippen LogP contribution is 2.28. The lowest BCUT2D eigenvalue weighted by Gasteiger charge is -2.33. The van der Waals surface area contributed by atoms with E-state index in [1.54, 1.807) is 0 Å². The summed E-state index contributed by atoms with van der Waals surface area (Å²) in [6, 6.07) is 12.3. The van der Waals surface area contributed by atoms with Crippen molar-refractivity contribution in [2.24, 2.45) is 0 Å². The van der Waals surface area contributed by atoms with Crippen molar-refractivity contribution in [3.8, 4) is 0 Å². The maximum atomic E-state index is 12.5. The molecule has 1 aliphatic rings. The van der Waals surface area contributed by atoms with Crippen LogP contribution in [0.3, 0.4) is 0 Å². The van der Waals surface area contributed by atoms with E-state index in [4.69, 9.17) is 9.84 Å². The third-order valence-corrected chi connectivity index (χ3v) is 5.73. The molecular weight excluding hydrogens is 388 g/mol. The first kappa shape index (κ1) is 23.3. The Bertz CT molecular complexity index is 862. The predicted octanol–water partition coefficient (Wildman–Crippen LogP) is 4.48. The van der Waals surface area contributed by atoms with E-state index in [9.17, 15) is 4.79 Å². The Balaban J connectivity index is 1.58. The molecule has 1 fully saturated rings. The highest BCUT2D eigenvalue weighted by atomic mass is 16.6. The van der Waals surface area contributed by atoms with Crippen LogP contribution in [0.1, 0.15) is 64.9 Å². The van der Waals surface area contributed by atoms with Crippen LogP contribution in [-0.4, -0.2) is 46.4 Å². The molecule has 1 aliphatic heterocycles. The van der Waals surface area contributed by atoms with Crippen LogP contribution in [-0.2, 0) is 28.7 Å². The number of carbonyl (C=O) groups excluding carboxylic acids is 1. The van der Waals surface area contributed by atoms with Crippen molar-refractivity contribution in [2.45, 2.75) is 78.0 Å². The maximum Gasteiger partial charge on any atom is 0.410 e. The van der Waals surface area contributed by atoms with Gasteiger partial charge in [-0.25, -0.2) is 4.79 Å². The van der Waals surface area contributed by atoms with Gasteiger partial charge in [-0.15, -0.1) is 0 Å². The van der Waals surface area contributed by atoms with Gasteiger partial charge >= 0.3 is 6.09 Å². The van der Waals surface area contributed by atoms with Gasteiger partial charge in [0, 0.05) is 48.7 Å². The monoisotopic (exact) mass is 426 g/mol. The lowest BCUT2D eigenvalue weighted by atomic mass is 9.88. The van der Waals surface area contributed by atoms with Gasteiger partial charge < -0.3 is 15.0 Å². The Morgan fingerprint density at radius 2 is 1.84 bits per heavy atom. The van der Waals surface area contributed by atoms with Gasteiger partial charge in [-0.1, -0.05) is 71.9 Å². The zero-order valence-electron chi connectivity index (χ0n) is 19.9. The second-order valence-electron chi connectivity index (χ2n) is 10.6. The fourth-order valence-corrected chi connectivity index (χ4v) is 3.83. The number of aromatic nitrogens is 2. The highest BCUT2D eigenvalue weighted by Gasteiger charge is 2.28. The van der Waals surface area contributed by atoms with Crippen molar-refractivity contribution >= 4 is 6.09 Å². The molecule has 1 saturated heterocycles. The quantitative estimate of drug-likeness (QED) is 0.766. The fraction of sp³-hybridized carbons (Fsp3) is 0.600. The molecule has 31 heavy (non-hydrogen) atoms. The second-order valence-corrected chi connectivity index (χ2v) is 10.6. The summed E-state index contributed by atoms with van der Waals surface area (Å²) in [4.78, 5) is 14.4. The van der Waals surface area contributed by atoms with Crippen LogP contribution in [0.5, 0.6) is 0 Å². The standard InChI is InChI=1S/C25H38N4O2/c1-24(2,3)21-16-22(25(4,5)6)29(27-21)14-12-20-17-28(15-13-26-20)23(30)31-18-19-10-8-7-9-11-19/h7-11,16,20,26H,12-15,17-18H2,1-6H3/t20-/m1/s1. The van der Waals surface area contributed by atoms with Gasteiger partial charge in [-0.2, -0.15) is 5.10 Å². The lowest BCUT2D eigenvalue weighted by Crippen LogP contribution is -2.53. The summed E-state index contributed by atoms with van der Waals surface area (Å²) >= 11 is 0. The second kappa shape index (κ2) is 9.43. The average Bonchev–Trinajstić information content (AvgIpc) is 3.17. The summed E-state index contributed by atoms with van der Waals surface area (Å²) in [5.74, 6) is 0. The van der Waals surface area contributed by atoms with Gasteiger partial charge in [-0.3, -0.25) is 4.68 Å². The van der Waals surface area contributed by atoms with E-state index >= 15 is 0 Å². The molecule has 0 radical (unpaired) electrons. The first-order valence-corrected chi connectivity index (χ1v) is 11.3. The minimum Gasteiger partial charge on any atom is -0.445 e. The lowest BCUT2D eigenvalue weighted by molar-refractivity contribution is 0.0837. The topological polar surface area (TPSA) is 59.4 Å². The summed E-state index contributed by atoms with van der Waals surface area (Å²) in [5.41, 5.74) is 3.44. The third-order valence-electron chi connectivity index (χ3n) is 5.73. The number of rotatable bonds is 5.